The standard InChI is InChI=1S/C26H26N2O6S/c1-33-23-14-13-21(26(30)34-18-25(29)27-17-19-8-3-2-4-9-19)16-24(23)35(31,32)28-15-7-11-20-10-5-6-12-22(20)28/h2-6,8-10,12-14,16H,7,11,15,17-18H2,1H3,(H,27,29). The number of esters is 1. The van der Waals surface area contributed by atoms with E-state index in [0.29, 0.717) is 25.2 Å². The van der Waals surface area contributed by atoms with Crippen LogP contribution in [0.25, 0.3) is 0 Å². The highest BCUT2D eigenvalue weighted by Crippen LogP contribution is 2.35. The summed E-state index contributed by atoms with van der Waals surface area (Å²) in [5, 5.41) is 2.67. The molecule has 0 bridgehead atoms. The second-order valence-corrected chi connectivity index (χ2v) is 9.84. The molecule has 3 aromatic carbocycles. The zero-order valence-corrected chi connectivity index (χ0v) is 20.1. The van der Waals surface area contributed by atoms with Crippen molar-refractivity contribution >= 4 is 27.6 Å². The maximum atomic E-state index is 13.6. The fourth-order valence-electron chi connectivity index (χ4n) is 3.93. The van der Waals surface area contributed by atoms with E-state index in [-0.39, 0.29) is 16.2 Å². The highest BCUT2D eigenvalue weighted by Gasteiger charge is 2.32. The molecule has 8 nitrogen and oxygen atoms in total. The van der Waals surface area contributed by atoms with Gasteiger partial charge in [-0.2, -0.15) is 0 Å². The van der Waals surface area contributed by atoms with Crippen LogP contribution < -0.4 is 14.4 Å². The zero-order valence-electron chi connectivity index (χ0n) is 19.3. The van der Waals surface area contributed by atoms with E-state index in [0.717, 1.165) is 17.5 Å². The monoisotopic (exact) mass is 494 g/mol. The molecule has 1 aliphatic heterocycles. The summed E-state index contributed by atoms with van der Waals surface area (Å²) in [4.78, 5) is 24.6. The molecule has 0 aliphatic carbocycles. The average molecular weight is 495 g/mol. The van der Waals surface area contributed by atoms with Crippen LogP contribution in [0.15, 0.2) is 77.7 Å². The Bertz CT molecular complexity index is 1320. The number of rotatable bonds is 8. The number of ether oxygens (including phenoxy) is 2. The van der Waals surface area contributed by atoms with E-state index in [4.69, 9.17) is 9.47 Å². The SMILES string of the molecule is COc1ccc(C(=O)OCC(=O)NCc2ccccc2)cc1S(=O)(=O)N1CCCc2ccccc21. The van der Waals surface area contributed by atoms with Gasteiger partial charge in [-0.3, -0.25) is 9.10 Å². The molecule has 0 saturated carbocycles. The first-order chi connectivity index (χ1) is 16.9. The van der Waals surface area contributed by atoms with Crippen LogP contribution in [0.5, 0.6) is 5.75 Å². The molecule has 182 valence electrons. The van der Waals surface area contributed by atoms with Crippen molar-refractivity contribution in [1.29, 1.82) is 0 Å². The number of nitrogens with one attached hydrogen (secondary N) is 1. The Morgan fingerprint density at radius 1 is 1.00 bits per heavy atom. The Hall–Kier alpha value is -3.85. The molecule has 0 radical (unpaired) electrons. The summed E-state index contributed by atoms with van der Waals surface area (Å²) in [5.41, 5.74) is 2.48. The van der Waals surface area contributed by atoms with Crippen molar-refractivity contribution < 1.29 is 27.5 Å². The van der Waals surface area contributed by atoms with Crippen LogP contribution in [-0.2, 0) is 32.5 Å². The normalized spacial score (nSPS) is 13.0. The molecule has 1 heterocycles. The van der Waals surface area contributed by atoms with Crippen LogP contribution in [0, 0.1) is 0 Å². The van der Waals surface area contributed by atoms with Gasteiger partial charge in [0.25, 0.3) is 15.9 Å². The highest BCUT2D eigenvalue weighted by molar-refractivity contribution is 7.93. The summed E-state index contributed by atoms with van der Waals surface area (Å²) < 4.78 is 39.0. The summed E-state index contributed by atoms with van der Waals surface area (Å²) in [6, 6.07) is 20.7. The van der Waals surface area contributed by atoms with Crippen molar-refractivity contribution in [3.63, 3.8) is 0 Å². The number of sulfonamides is 1. The quantitative estimate of drug-likeness (QED) is 0.482. The number of hydrogen-bond donors (Lipinski definition) is 1. The predicted octanol–water partition coefficient (Wildman–Crippen LogP) is 3.31. The molecule has 1 amide bonds. The molecule has 9 heteroatoms. The summed E-state index contributed by atoms with van der Waals surface area (Å²) in [6.07, 6.45) is 1.47. The third kappa shape index (κ3) is 5.46. The lowest BCUT2D eigenvalue weighted by Gasteiger charge is -2.30. The van der Waals surface area contributed by atoms with Crippen molar-refractivity contribution in [2.75, 3.05) is 24.6 Å². The third-order valence-electron chi connectivity index (χ3n) is 5.70. The third-order valence-corrected chi connectivity index (χ3v) is 7.54. The minimum absolute atomic E-state index is 0.00512. The molecular weight excluding hydrogens is 468 g/mol. The first kappa shape index (κ1) is 24.3. The van der Waals surface area contributed by atoms with E-state index in [1.54, 1.807) is 12.1 Å². The van der Waals surface area contributed by atoms with Gasteiger partial charge in [-0.05, 0) is 48.2 Å². The second kappa shape index (κ2) is 10.6. The second-order valence-electron chi connectivity index (χ2n) is 8.01. The number of nitrogens with zero attached hydrogens (tertiary/aromatic N) is 1. The van der Waals surface area contributed by atoms with Crippen LogP contribution in [0.3, 0.4) is 0 Å². The molecule has 1 aliphatic rings. The number of methoxy groups -OCH3 is 1. The Labute approximate surface area is 204 Å². The van der Waals surface area contributed by atoms with Gasteiger partial charge in [0, 0.05) is 13.1 Å². The fourth-order valence-corrected chi connectivity index (χ4v) is 5.66. The minimum Gasteiger partial charge on any atom is -0.495 e. The van der Waals surface area contributed by atoms with E-state index in [1.807, 2.05) is 42.5 Å². The summed E-state index contributed by atoms with van der Waals surface area (Å²) in [5.74, 6) is -1.16. The number of para-hydroxylation sites is 1. The number of carbonyl (C=O) groups excluding carboxylic acids is 2. The number of carbonyl (C=O) groups is 2. The lowest BCUT2D eigenvalue weighted by molar-refractivity contribution is -0.124. The molecule has 0 spiro atoms. The highest BCUT2D eigenvalue weighted by atomic mass is 32.2. The van der Waals surface area contributed by atoms with Crippen LogP contribution in [-0.4, -0.2) is 40.6 Å². The number of aryl methyl sites for hydroxylation is 1. The molecular formula is C26H26N2O6S. The Balaban J connectivity index is 1.49. The van der Waals surface area contributed by atoms with Crippen molar-refractivity contribution in [1.82, 2.24) is 5.32 Å². The number of anilines is 1. The lowest BCUT2D eigenvalue weighted by atomic mass is 10.0. The molecule has 4 rings (SSSR count). The number of benzene rings is 3. The van der Waals surface area contributed by atoms with Gasteiger partial charge in [-0.25, -0.2) is 13.2 Å². The minimum atomic E-state index is -4.02. The molecule has 35 heavy (non-hydrogen) atoms. The molecule has 1 N–H and O–H groups in total. The zero-order chi connectivity index (χ0) is 24.8. The smallest absolute Gasteiger partial charge is 0.338 e. The largest absolute Gasteiger partial charge is 0.495 e. The maximum absolute atomic E-state index is 13.6. The summed E-state index contributed by atoms with van der Waals surface area (Å²) in [6.45, 7) is 0.136. The Morgan fingerprint density at radius 2 is 1.74 bits per heavy atom. The number of fused-ring (bicyclic) bond motifs is 1. The van der Waals surface area contributed by atoms with E-state index >= 15 is 0 Å². The van der Waals surface area contributed by atoms with E-state index in [9.17, 15) is 18.0 Å². The van der Waals surface area contributed by atoms with Gasteiger partial charge in [0.15, 0.2) is 6.61 Å². The van der Waals surface area contributed by atoms with Gasteiger partial charge in [-0.15, -0.1) is 0 Å². The van der Waals surface area contributed by atoms with Crippen molar-refractivity contribution in [3.8, 4) is 5.75 Å². The van der Waals surface area contributed by atoms with E-state index in [2.05, 4.69) is 5.32 Å². The Morgan fingerprint density at radius 3 is 2.51 bits per heavy atom. The van der Waals surface area contributed by atoms with Crippen LogP contribution >= 0.6 is 0 Å². The van der Waals surface area contributed by atoms with Crippen LogP contribution in [0.1, 0.15) is 27.9 Å². The fraction of sp³-hybridized carbons (Fsp3) is 0.231. The van der Waals surface area contributed by atoms with Gasteiger partial charge in [0.05, 0.1) is 18.4 Å². The maximum Gasteiger partial charge on any atom is 0.338 e. The summed E-state index contributed by atoms with van der Waals surface area (Å²) in [7, 11) is -2.65. The topological polar surface area (TPSA) is 102 Å². The molecule has 0 fully saturated rings. The van der Waals surface area contributed by atoms with Gasteiger partial charge in [-0.1, -0.05) is 48.5 Å². The lowest BCUT2D eigenvalue weighted by Crippen LogP contribution is -2.35. The summed E-state index contributed by atoms with van der Waals surface area (Å²) >= 11 is 0. The molecule has 3 aromatic rings. The molecule has 0 unspecified atom stereocenters. The van der Waals surface area contributed by atoms with E-state index < -0.39 is 28.5 Å². The van der Waals surface area contributed by atoms with Crippen LogP contribution in [0.2, 0.25) is 0 Å². The van der Waals surface area contributed by atoms with Crippen molar-refractivity contribution in [2.24, 2.45) is 0 Å². The average Bonchev–Trinajstić information content (AvgIpc) is 2.90. The van der Waals surface area contributed by atoms with Crippen molar-refractivity contribution in [2.45, 2.75) is 24.3 Å². The van der Waals surface area contributed by atoms with Crippen molar-refractivity contribution in [3.05, 3.63) is 89.5 Å². The van der Waals surface area contributed by atoms with Gasteiger partial charge in [0.2, 0.25) is 0 Å². The number of hydrogen-bond acceptors (Lipinski definition) is 6. The van der Waals surface area contributed by atoms with E-state index in [1.165, 1.54) is 29.6 Å². The first-order valence-electron chi connectivity index (χ1n) is 11.2. The molecule has 0 atom stereocenters. The van der Waals surface area contributed by atoms with Crippen LogP contribution in [0.4, 0.5) is 5.69 Å². The molecule has 0 saturated heterocycles. The Kier molecular flexibility index (Phi) is 7.36. The van der Waals surface area contributed by atoms with Gasteiger partial charge < -0.3 is 14.8 Å². The molecule has 0 aromatic heterocycles. The van der Waals surface area contributed by atoms with Gasteiger partial charge >= 0.3 is 5.97 Å². The predicted molar refractivity (Wildman–Crippen MR) is 131 cm³/mol. The number of amides is 1. The first-order valence-corrected chi connectivity index (χ1v) is 12.6. The van der Waals surface area contributed by atoms with Gasteiger partial charge in [0.1, 0.15) is 10.6 Å².